The highest BCUT2D eigenvalue weighted by atomic mass is 16.8. The summed E-state index contributed by atoms with van der Waals surface area (Å²) in [7, 11) is 0. The molecular weight excluding hydrogens is 282 g/mol. The molecule has 0 saturated carbocycles. The van der Waals surface area contributed by atoms with Crippen molar-refractivity contribution in [1.82, 2.24) is 5.06 Å². The molecule has 5 heteroatoms. The third-order valence-corrected chi connectivity index (χ3v) is 3.39. The van der Waals surface area contributed by atoms with Crippen molar-refractivity contribution in [2.45, 2.75) is 19.3 Å². The van der Waals surface area contributed by atoms with E-state index in [4.69, 9.17) is 9.57 Å². The molecule has 0 bridgehead atoms. The fourth-order valence-corrected chi connectivity index (χ4v) is 2.34. The number of phenols is 1. The molecule has 1 N–H and O–H groups in total. The molecule has 5 nitrogen and oxygen atoms in total. The maximum absolute atomic E-state index is 12.5. The summed E-state index contributed by atoms with van der Waals surface area (Å²) in [6.07, 6.45) is -0.891. The van der Waals surface area contributed by atoms with E-state index in [-0.39, 0.29) is 17.8 Å². The Morgan fingerprint density at radius 1 is 1.18 bits per heavy atom. The number of rotatable bonds is 2. The molecule has 0 radical (unpaired) electrons. The third-order valence-electron chi connectivity index (χ3n) is 3.39. The molecule has 0 aromatic heterocycles. The Bertz CT molecular complexity index is 659. The third kappa shape index (κ3) is 3.10. The molecule has 3 rings (SSSR count). The molecular formula is C17H17NO4. The largest absolute Gasteiger partial charge is 0.508 e. The van der Waals surface area contributed by atoms with Crippen LogP contribution in [0.15, 0.2) is 54.6 Å². The summed E-state index contributed by atoms with van der Waals surface area (Å²) in [6.45, 7) is 2.23. The van der Waals surface area contributed by atoms with Gasteiger partial charge in [-0.2, -0.15) is 0 Å². The number of hydrogen-bond acceptors (Lipinski definition) is 4. The van der Waals surface area contributed by atoms with Crippen LogP contribution in [0.1, 0.15) is 29.1 Å². The van der Waals surface area contributed by atoms with Crippen molar-refractivity contribution < 1.29 is 19.5 Å². The van der Waals surface area contributed by atoms with Gasteiger partial charge in [-0.1, -0.05) is 30.3 Å². The van der Waals surface area contributed by atoms with Gasteiger partial charge >= 0.3 is 0 Å². The SMILES string of the molecule is CC1CN(C(=O)c2ccccc2)OC(c2cccc(O)c2)O1. The average molecular weight is 299 g/mol. The second-order valence-electron chi connectivity index (χ2n) is 5.21. The zero-order chi connectivity index (χ0) is 15.5. The Labute approximate surface area is 128 Å². The van der Waals surface area contributed by atoms with Gasteiger partial charge in [0, 0.05) is 11.1 Å². The van der Waals surface area contributed by atoms with Gasteiger partial charge in [-0.05, 0) is 31.2 Å². The van der Waals surface area contributed by atoms with Gasteiger partial charge in [0.15, 0.2) is 0 Å². The summed E-state index contributed by atoms with van der Waals surface area (Å²) in [5, 5.41) is 10.9. The first-order chi connectivity index (χ1) is 10.6. The van der Waals surface area contributed by atoms with Crippen molar-refractivity contribution in [2.24, 2.45) is 0 Å². The van der Waals surface area contributed by atoms with Gasteiger partial charge < -0.3 is 9.84 Å². The molecule has 2 atom stereocenters. The van der Waals surface area contributed by atoms with Crippen LogP contribution in [0.5, 0.6) is 5.75 Å². The quantitative estimate of drug-likeness (QED) is 0.926. The summed E-state index contributed by atoms with van der Waals surface area (Å²) >= 11 is 0. The van der Waals surface area contributed by atoms with Crippen LogP contribution in [-0.4, -0.2) is 28.7 Å². The standard InChI is InChI=1S/C17H17NO4/c1-12-11-18(16(20)13-6-3-2-4-7-13)22-17(21-12)14-8-5-9-15(19)10-14/h2-10,12,17,19H,11H2,1H3. The Hall–Kier alpha value is -2.37. The molecule has 1 amide bonds. The van der Waals surface area contributed by atoms with E-state index in [1.807, 2.05) is 25.1 Å². The van der Waals surface area contributed by atoms with E-state index in [9.17, 15) is 9.90 Å². The number of carbonyl (C=O) groups excluding carboxylic acids is 1. The van der Waals surface area contributed by atoms with E-state index in [1.54, 1.807) is 36.4 Å². The van der Waals surface area contributed by atoms with Crippen molar-refractivity contribution in [3.05, 3.63) is 65.7 Å². The summed E-state index contributed by atoms with van der Waals surface area (Å²) in [5.41, 5.74) is 1.23. The van der Waals surface area contributed by atoms with E-state index in [2.05, 4.69) is 0 Å². The van der Waals surface area contributed by atoms with Crippen molar-refractivity contribution in [3.8, 4) is 5.75 Å². The first-order valence-corrected chi connectivity index (χ1v) is 7.11. The minimum Gasteiger partial charge on any atom is -0.508 e. The number of ether oxygens (including phenoxy) is 1. The predicted molar refractivity (Wildman–Crippen MR) is 80.0 cm³/mol. The smallest absolute Gasteiger partial charge is 0.277 e. The number of hydrogen-bond donors (Lipinski definition) is 1. The number of phenolic OH excluding ortho intramolecular Hbond substituents is 1. The van der Waals surface area contributed by atoms with Gasteiger partial charge in [0.2, 0.25) is 6.29 Å². The van der Waals surface area contributed by atoms with Crippen LogP contribution < -0.4 is 0 Å². The molecule has 1 fully saturated rings. The Morgan fingerprint density at radius 2 is 1.95 bits per heavy atom. The molecule has 2 aromatic carbocycles. The van der Waals surface area contributed by atoms with Crippen LogP contribution in [0.2, 0.25) is 0 Å². The lowest BCUT2D eigenvalue weighted by molar-refractivity contribution is -0.320. The number of carbonyl (C=O) groups is 1. The van der Waals surface area contributed by atoms with Crippen LogP contribution in [0, 0.1) is 0 Å². The van der Waals surface area contributed by atoms with Crippen molar-refractivity contribution in [1.29, 1.82) is 0 Å². The maximum atomic E-state index is 12.5. The normalized spacial score (nSPS) is 21.6. The lowest BCUT2D eigenvalue weighted by Crippen LogP contribution is -2.44. The van der Waals surface area contributed by atoms with Gasteiger partial charge in [0.1, 0.15) is 5.75 Å². The van der Waals surface area contributed by atoms with E-state index >= 15 is 0 Å². The molecule has 2 unspecified atom stereocenters. The van der Waals surface area contributed by atoms with Gasteiger partial charge in [-0.3, -0.25) is 4.79 Å². The lowest BCUT2D eigenvalue weighted by atomic mass is 10.2. The van der Waals surface area contributed by atoms with Gasteiger partial charge in [0.05, 0.1) is 12.6 Å². The van der Waals surface area contributed by atoms with E-state index in [0.717, 1.165) is 0 Å². The van der Waals surface area contributed by atoms with E-state index in [1.165, 1.54) is 5.06 Å². The summed E-state index contributed by atoms with van der Waals surface area (Å²) in [4.78, 5) is 18.1. The van der Waals surface area contributed by atoms with Crippen LogP contribution in [-0.2, 0) is 9.57 Å². The molecule has 1 aliphatic rings. The van der Waals surface area contributed by atoms with Crippen molar-refractivity contribution >= 4 is 5.91 Å². The second kappa shape index (κ2) is 6.17. The molecule has 2 aromatic rings. The van der Waals surface area contributed by atoms with Crippen molar-refractivity contribution in [2.75, 3.05) is 6.54 Å². The predicted octanol–water partition coefficient (Wildman–Crippen LogP) is 2.88. The van der Waals surface area contributed by atoms with E-state index < -0.39 is 6.29 Å². The maximum Gasteiger partial charge on any atom is 0.277 e. The Balaban J connectivity index is 1.80. The number of aromatic hydroxyl groups is 1. The highest BCUT2D eigenvalue weighted by molar-refractivity contribution is 5.93. The summed E-state index contributed by atoms with van der Waals surface area (Å²) < 4.78 is 5.72. The zero-order valence-electron chi connectivity index (χ0n) is 12.2. The zero-order valence-corrected chi connectivity index (χ0v) is 12.2. The summed E-state index contributed by atoms with van der Waals surface area (Å²) in [6, 6.07) is 15.6. The number of nitrogens with zero attached hydrogens (tertiary/aromatic N) is 1. The van der Waals surface area contributed by atoms with Crippen LogP contribution in [0.25, 0.3) is 0 Å². The van der Waals surface area contributed by atoms with Crippen molar-refractivity contribution in [3.63, 3.8) is 0 Å². The minimum atomic E-state index is -0.719. The fraction of sp³-hybridized carbons (Fsp3) is 0.235. The number of benzene rings is 2. The highest BCUT2D eigenvalue weighted by Crippen LogP contribution is 2.29. The molecule has 1 heterocycles. The lowest BCUT2D eigenvalue weighted by Gasteiger charge is -2.36. The minimum absolute atomic E-state index is 0.129. The molecule has 0 spiro atoms. The molecule has 114 valence electrons. The van der Waals surface area contributed by atoms with E-state index in [0.29, 0.717) is 17.7 Å². The first-order valence-electron chi connectivity index (χ1n) is 7.11. The Morgan fingerprint density at radius 3 is 2.68 bits per heavy atom. The average Bonchev–Trinajstić information content (AvgIpc) is 2.54. The van der Waals surface area contributed by atoms with Gasteiger partial charge in [-0.25, -0.2) is 9.90 Å². The first kappa shape index (κ1) is 14.6. The second-order valence-corrected chi connectivity index (χ2v) is 5.21. The molecule has 1 aliphatic heterocycles. The van der Waals surface area contributed by atoms with Crippen LogP contribution in [0.4, 0.5) is 0 Å². The van der Waals surface area contributed by atoms with Gasteiger partial charge in [-0.15, -0.1) is 0 Å². The molecule has 22 heavy (non-hydrogen) atoms. The molecule has 1 saturated heterocycles. The topological polar surface area (TPSA) is 59.0 Å². The highest BCUT2D eigenvalue weighted by Gasteiger charge is 2.31. The Kier molecular flexibility index (Phi) is 4.09. The van der Waals surface area contributed by atoms with Crippen LogP contribution in [0.3, 0.4) is 0 Å². The fourth-order valence-electron chi connectivity index (χ4n) is 2.34. The number of hydroxylamine groups is 2. The molecule has 0 aliphatic carbocycles. The van der Waals surface area contributed by atoms with Crippen LogP contribution >= 0.6 is 0 Å². The monoisotopic (exact) mass is 299 g/mol. The van der Waals surface area contributed by atoms with Gasteiger partial charge in [0.25, 0.3) is 5.91 Å². The summed E-state index contributed by atoms with van der Waals surface area (Å²) in [5.74, 6) is -0.0789. The number of amides is 1.